The Morgan fingerprint density at radius 3 is 2.41 bits per heavy atom. The topological polar surface area (TPSA) is 17.0 Å². The molecule has 5 radical (unpaired) electrons. The summed E-state index contributed by atoms with van der Waals surface area (Å²) in [4.78, 5) is 4.69. The van der Waals surface area contributed by atoms with Crippen molar-refractivity contribution in [2.45, 2.75) is 0 Å². The molecule has 2 nitrogen and oxygen atoms in total. The number of rotatable bonds is 3. The molecule has 159 valence electrons. The van der Waals surface area contributed by atoms with Crippen molar-refractivity contribution in [1.29, 1.82) is 0 Å². The Bertz CT molecular complexity index is 2090. The molecule has 0 saturated carbocycles. The minimum atomic E-state index is -1.98. The predicted octanol–water partition coefficient (Wildman–Crippen LogP) is 0.949. The molecule has 13 heteroatoms. The number of para-hydroxylation sites is 1. The zero-order chi connectivity index (χ0) is 23.3. The van der Waals surface area contributed by atoms with Gasteiger partial charge in [0.1, 0.15) is 0 Å². The van der Waals surface area contributed by atoms with Gasteiger partial charge in [-0.1, -0.05) is 0 Å². The van der Waals surface area contributed by atoms with E-state index in [9.17, 15) is 0 Å². The molecular weight excluding hydrogens is 476 g/mol. The second-order valence-corrected chi connectivity index (χ2v) is 23.7. The Balaban J connectivity index is 1.19. The van der Waals surface area contributed by atoms with Gasteiger partial charge in [0.2, 0.25) is 0 Å². The summed E-state index contributed by atoms with van der Waals surface area (Å²) >= 11 is 0. The van der Waals surface area contributed by atoms with Crippen LogP contribution in [0.1, 0.15) is 0 Å². The average Bonchev–Trinajstić information content (AvgIpc) is 3.85. The van der Waals surface area contributed by atoms with Gasteiger partial charge in [-0.15, -0.1) is 0 Å². The van der Waals surface area contributed by atoms with Crippen molar-refractivity contribution >= 4 is 115 Å². The van der Waals surface area contributed by atoms with Crippen molar-refractivity contribution in [1.82, 2.24) is 9.42 Å². The molecule has 0 atom stereocenters. The maximum absolute atomic E-state index is 4.69. The molecule has 4 aromatic carbocycles. The van der Waals surface area contributed by atoms with Crippen LogP contribution in [0.3, 0.4) is 0 Å². The van der Waals surface area contributed by atoms with Gasteiger partial charge < -0.3 is 0 Å². The van der Waals surface area contributed by atoms with E-state index in [1.807, 2.05) is 0 Å². The van der Waals surface area contributed by atoms with Gasteiger partial charge in [0, 0.05) is 0 Å². The van der Waals surface area contributed by atoms with E-state index in [1.54, 1.807) is 10.8 Å². The number of aromatic nitrogens is 1. The number of benzene rings is 4. The van der Waals surface area contributed by atoms with Gasteiger partial charge >= 0.3 is 220 Å². The number of hydrogen-bond donors (Lipinski definition) is 1. The van der Waals surface area contributed by atoms with E-state index in [4.69, 9.17) is 4.86 Å². The summed E-state index contributed by atoms with van der Waals surface area (Å²) in [6.45, 7) is 5.86. The number of nitrogens with zero attached hydrogens (tertiary/aromatic N) is 1. The number of fused-ring (bicyclic) bond motifs is 9. The van der Waals surface area contributed by atoms with Crippen molar-refractivity contribution in [2.75, 3.05) is 0 Å². The molecule has 7 saturated heterocycles. The first kappa shape index (κ1) is 18.4. The van der Waals surface area contributed by atoms with E-state index in [1.165, 1.54) is 49.5 Å². The molecule has 9 aliphatic rings. The Morgan fingerprint density at radius 1 is 0.811 bits per heavy atom. The van der Waals surface area contributed by atoms with Crippen LogP contribution in [0.15, 0.2) is 78.9 Å². The Labute approximate surface area is 219 Å². The van der Waals surface area contributed by atoms with Crippen molar-refractivity contribution in [3.8, 4) is 16.8 Å². The van der Waals surface area contributed by atoms with Crippen molar-refractivity contribution in [3.63, 3.8) is 0 Å². The summed E-state index contributed by atoms with van der Waals surface area (Å²) in [5.74, 6) is 0. The van der Waals surface area contributed by atoms with E-state index in [2.05, 4.69) is 104 Å². The van der Waals surface area contributed by atoms with Crippen LogP contribution >= 0.6 is 12.7 Å². The van der Waals surface area contributed by atoms with Crippen LogP contribution in [0.25, 0.3) is 38.6 Å². The molecule has 1 spiro atoms. The van der Waals surface area contributed by atoms with Crippen molar-refractivity contribution in [2.24, 2.45) is 0 Å². The Morgan fingerprint density at radius 2 is 1.62 bits per heavy atom. The first-order chi connectivity index (χ1) is 18.2. The summed E-state index contributed by atoms with van der Waals surface area (Å²) in [7, 11) is 2.71. The van der Waals surface area contributed by atoms with E-state index >= 15 is 0 Å². The zero-order valence-electron chi connectivity index (χ0n) is 20.0. The zero-order valence-corrected chi connectivity index (χ0v) is 21.8. The molecule has 1 aromatic heterocycles. The third kappa shape index (κ3) is 1.44. The third-order valence-corrected chi connectivity index (χ3v) is 26.9. The maximum atomic E-state index is 4.69. The minimum absolute atomic E-state index is 0.341. The summed E-state index contributed by atoms with van der Waals surface area (Å²) in [5.41, 5.74) is 11.6. The molecule has 0 aliphatic carbocycles. The number of nitrogens with one attached hydrogen (secondary N) is 1. The average molecular weight is 490 g/mol. The van der Waals surface area contributed by atoms with E-state index in [-0.39, 0.29) is 0 Å². The second-order valence-electron chi connectivity index (χ2n) is 13.3. The van der Waals surface area contributed by atoms with Crippen molar-refractivity contribution in [3.05, 3.63) is 78.9 Å². The summed E-state index contributed by atoms with van der Waals surface area (Å²) < 4.78 is 2.61. The van der Waals surface area contributed by atoms with Crippen LogP contribution in [0.2, 0.25) is 0 Å². The molecule has 14 rings (SSSR count). The monoisotopic (exact) mass is 491 g/mol. The van der Waals surface area contributed by atoms with Gasteiger partial charge in [-0.05, 0) is 0 Å². The molecule has 2 bridgehead atoms. The predicted molar refractivity (Wildman–Crippen MR) is 174 cm³/mol. The molecule has 37 heavy (non-hydrogen) atoms. The first-order valence-electron chi connectivity index (χ1n) is 13.9. The molecule has 7 fully saturated rings. The third-order valence-electron chi connectivity index (χ3n) is 12.5. The van der Waals surface area contributed by atoms with Crippen LogP contribution in [-0.2, 0) is 0 Å². The summed E-state index contributed by atoms with van der Waals surface area (Å²) in [6, 6.07) is 30.8. The fourth-order valence-electron chi connectivity index (χ4n) is 10.4. The number of hydrogen-bond acceptors (Lipinski definition) is 1. The van der Waals surface area contributed by atoms with Crippen LogP contribution in [0, 0.1) is 0 Å². The van der Waals surface area contributed by atoms with Gasteiger partial charge in [0.15, 0.2) is 0 Å². The van der Waals surface area contributed by atoms with Crippen LogP contribution in [-0.4, -0.2) is 63.2 Å². The van der Waals surface area contributed by atoms with Crippen LogP contribution < -0.4 is 26.6 Å². The fourth-order valence-corrected chi connectivity index (χ4v) is 29.6. The quantitative estimate of drug-likeness (QED) is 0.289. The summed E-state index contributed by atoms with van der Waals surface area (Å²) in [6.07, 6.45) is 1.17. The fraction of sp³-hybridized carbons (Fsp3) is 0. The van der Waals surface area contributed by atoms with Gasteiger partial charge in [-0.25, -0.2) is 0 Å². The standard InChI is InChI=1S/C24H14B9N2P2/c1-3-9-19-15(6-1)17-8-5-11-22-23(17)28(19)20-13-14(12-18-16-7-2-4-10-21(16)35(22)24(18)20)36(29-25-30(36)33(29)36)34-37-26-31(37)32(37)27-37/h1-13,34H/q-2. The summed E-state index contributed by atoms with van der Waals surface area (Å²) in [5, 5.41) is 4.65. The van der Waals surface area contributed by atoms with Gasteiger partial charge in [-0.3, -0.25) is 0 Å². The van der Waals surface area contributed by atoms with Gasteiger partial charge in [0.25, 0.3) is 0 Å². The van der Waals surface area contributed by atoms with Crippen LogP contribution in [0.4, 0.5) is 0 Å². The molecule has 1 N–H and O–H groups in total. The molecule has 0 unspecified atom stereocenters. The normalized spacial score (nSPS) is 27.4. The van der Waals surface area contributed by atoms with Crippen molar-refractivity contribution < 1.29 is 0 Å². The first-order valence-corrected chi connectivity index (χ1v) is 18.9. The SMILES string of the molecule is [B]1B2B3[B-]P123NP12(c3cc4c5c(c3)c3ccccc3n5-c3cccc5c3B4c3ccccc3-5)B3[B-]B1B32. The Hall–Kier alpha value is -1.92. The molecule has 5 aromatic rings. The van der Waals surface area contributed by atoms with E-state index < -0.39 is 12.7 Å². The van der Waals surface area contributed by atoms with Crippen LogP contribution in [0.5, 0.6) is 0 Å². The second kappa shape index (κ2) is 4.70. The van der Waals surface area contributed by atoms with E-state index in [0.717, 1.165) is 31.1 Å². The van der Waals surface area contributed by atoms with Gasteiger partial charge in [-0.2, -0.15) is 0 Å². The molecule has 0 amide bonds. The molecular formula is C24H14B9N2P2-2. The van der Waals surface area contributed by atoms with E-state index in [0.29, 0.717) is 6.71 Å². The Kier molecular flexibility index (Phi) is 2.34. The molecule has 10 heterocycles. The van der Waals surface area contributed by atoms with Gasteiger partial charge in [0.05, 0.1) is 0 Å². The molecule has 9 aliphatic heterocycles.